The Morgan fingerprint density at radius 3 is 3.00 bits per heavy atom. The van der Waals surface area contributed by atoms with E-state index in [4.69, 9.17) is 0 Å². The van der Waals surface area contributed by atoms with Crippen molar-refractivity contribution in [3.05, 3.63) is 30.1 Å². The molecule has 1 aromatic heterocycles. The van der Waals surface area contributed by atoms with E-state index in [1.54, 1.807) is 6.33 Å². The van der Waals surface area contributed by atoms with Crippen LogP contribution in [0.15, 0.2) is 24.5 Å². The van der Waals surface area contributed by atoms with Crippen LogP contribution in [0.1, 0.15) is 25.3 Å². The minimum atomic E-state index is -0.609. The van der Waals surface area contributed by atoms with Crippen molar-refractivity contribution in [3.8, 4) is 0 Å². The Morgan fingerprint density at radius 1 is 1.43 bits per heavy atom. The first kappa shape index (κ1) is 14.6. The molecule has 4 nitrogen and oxygen atoms in total. The molecule has 0 amide bonds. The van der Waals surface area contributed by atoms with Crippen molar-refractivity contribution in [3.63, 3.8) is 0 Å². The first-order chi connectivity index (χ1) is 10.1. The normalized spacial score (nSPS) is 24.8. The van der Waals surface area contributed by atoms with Crippen molar-refractivity contribution in [2.75, 3.05) is 17.6 Å². The van der Waals surface area contributed by atoms with Gasteiger partial charge in [0.1, 0.15) is 12.1 Å². The van der Waals surface area contributed by atoms with Crippen LogP contribution < -0.4 is 5.32 Å². The number of aryl methyl sites for hydroxylation is 1. The fraction of sp³-hybridized carbons (Fsp3) is 0.500. The average molecular weight is 303 g/mol. The van der Waals surface area contributed by atoms with Crippen LogP contribution in [0.5, 0.6) is 0 Å². The molecule has 21 heavy (non-hydrogen) atoms. The van der Waals surface area contributed by atoms with Gasteiger partial charge in [-0.3, -0.25) is 0 Å². The quantitative estimate of drug-likeness (QED) is 0.889. The molecule has 5 heteroatoms. The van der Waals surface area contributed by atoms with Crippen LogP contribution in [0, 0.1) is 6.92 Å². The van der Waals surface area contributed by atoms with E-state index in [1.807, 2.05) is 23.9 Å². The van der Waals surface area contributed by atoms with Gasteiger partial charge in [0.25, 0.3) is 0 Å². The molecule has 112 valence electrons. The van der Waals surface area contributed by atoms with Crippen LogP contribution in [0.4, 0.5) is 5.82 Å². The van der Waals surface area contributed by atoms with Gasteiger partial charge < -0.3 is 10.4 Å². The summed E-state index contributed by atoms with van der Waals surface area (Å²) in [6.07, 6.45) is 3.53. The Bertz CT molecular complexity index is 648. The largest absolute Gasteiger partial charge is 0.387 e. The third kappa shape index (κ3) is 2.85. The summed E-state index contributed by atoms with van der Waals surface area (Å²) in [4.78, 5) is 8.63. The van der Waals surface area contributed by atoms with E-state index >= 15 is 0 Å². The number of hydrogen-bond donors (Lipinski definition) is 2. The lowest BCUT2D eigenvalue weighted by Gasteiger charge is -2.45. The number of hydrogen-bond acceptors (Lipinski definition) is 5. The summed E-state index contributed by atoms with van der Waals surface area (Å²) >= 11 is 1.84. The van der Waals surface area contributed by atoms with E-state index in [0.29, 0.717) is 11.8 Å². The average Bonchev–Trinajstić information content (AvgIpc) is 2.49. The van der Waals surface area contributed by atoms with Gasteiger partial charge in [-0.25, -0.2) is 9.97 Å². The van der Waals surface area contributed by atoms with Crippen molar-refractivity contribution >= 4 is 28.5 Å². The molecule has 1 fully saturated rings. The minimum Gasteiger partial charge on any atom is -0.387 e. The lowest BCUT2D eigenvalue weighted by Crippen LogP contribution is -2.54. The van der Waals surface area contributed by atoms with E-state index in [0.717, 1.165) is 35.3 Å². The van der Waals surface area contributed by atoms with E-state index in [-0.39, 0.29) is 0 Å². The number of aromatic nitrogens is 2. The van der Waals surface area contributed by atoms with Gasteiger partial charge in [-0.1, -0.05) is 18.6 Å². The molecule has 1 saturated carbocycles. The predicted octanol–water partition coefficient (Wildman–Crippen LogP) is 3.00. The van der Waals surface area contributed by atoms with Crippen molar-refractivity contribution in [2.24, 2.45) is 0 Å². The highest BCUT2D eigenvalue weighted by Gasteiger charge is 2.45. The first-order valence-corrected chi connectivity index (χ1v) is 8.46. The van der Waals surface area contributed by atoms with Crippen LogP contribution in [-0.4, -0.2) is 38.2 Å². The third-order valence-electron chi connectivity index (χ3n) is 4.16. The summed E-state index contributed by atoms with van der Waals surface area (Å²) in [5.74, 6) is 1.85. The Morgan fingerprint density at radius 2 is 2.29 bits per heavy atom. The molecule has 2 atom stereocenters. The van der Waals surface area contributed by atoms with Gasteiger partial charge in [0.05, 0.1) is 11.1 Å². The van der Waals surface area contributed by atoms with Crippen LogP contribution in [0.3, 0.4) is 0 Å². The smallest absolute Gasteiger partial charge is 0.137 e. The number of aliphatic hydroxyl groups is 1. The zero-order valence-corrected chi connectivity index (χ0v) is 13.3. The van der Waals surface area contributed by atoms with Crippen LogP contribution in [0.2, 0.25) is 0 Å². The number of nitrogens with zero attached hydrogens (tertiary/aromatic N) is 2. The van der Waals surface area contributed by atoms with Crippen molar-refractivity contribution in [2.45, 2.75) is 37.5 Å². The van der Waals surface area contributed by atoms with Gasteiger partial charge in [0.2, 0.25) is 0 Å². The molecule has 0 bridgehead atoms. The third-order valence-corrected chi connectivity index (χ3v) is 5.57. The maximum atomic E-state index is 10.7. The molecule has 1 heterocycles. The molecule has 0 radical (unpaired) electrons. The Labute approximate surface area is 129 Å². The summed E-state index contributed by atoms with van der Waals surface area (Å²) in [6.45, 7) is 4.74. The molecule has 2 unspecified atom stereocenters. The maximum absolute atomic E-state index is 10.7. The second-order valence-corrected chi connectivity index (χ2v) is 7.16. The fourth-order valence-electron chi connectivity index (χ4n) is 2.79. The highest BCUT2D eigenvalue weighted by Crippen LogP contribution is 2.41. The van der Waals surface area contributed by atoms with E-state index in [9.17, 15) is 5.11 Å². The highest BCUT2D eigenvalue weighted by molar-refractivity contribution is 8.00. The van der Waals surface area contributed by atoms with Gasteiger partial charge in [-0.15, -0.1) is 0 Å². The van der Waals surface area contributed by atoms with Gasteiger partial charge in [-0.05, 0) is 37.7 Å². The minimum absolute atomic E-state index is 0.338. The Hall–Kier alpha value is -1.33. The molecule has 0 saturated heterocycles. The van der Waals surface area contributed by atoms with E-state index in [1.165, 1.54) is 5.56 Å². The molecule has 1 aromatic carbocycles. The summed E-state index contributed by atoms with van der Waals surface area (Å²) in [7, 11) is 0. The molecular formula is C16H21N3OS. The van der Waals surface area contributed by atoms with Gasteiger partial charge >= 0.3 is 0 Å². The fourth-order valence-corrected chi connectivity index (χ4v) is 3.98. The maximum Gasteiger partial charge on any atom is 0.137 e. The van der Waals surface area contributed by atoms with Crippen LogP contribution in [-0.2, 0) is 0 Å². The zero-order chi connectivity index (χ0) is 14.9. The number of fused-ring (bicyclic) bond motifs is 1. The molecule has 3 rings (SSSR count). The molecule has 1 aliphatic carbocycles. The number of anilines is 1. The van der Waals surface area contributed by atoms with Gasteiger partial charge in [0.15, 0.2) is 0 Å². The second-order valence-electron chi connectivity index (χ2n) is 5.68. The van der Waals surface area contributed by atoms with Crippen LogP contribution >= 0.6 is 11.8 Å². The monoisotopic (exact) mass is 303 g/mol. The lowest BCUT2D eigenvalue weighted by atomic mass is 9.79. The van der Waals surface area contributed by atoms with Gasteiger partial charge in [0, 0.05) is 17.2 Å². The highest BCUT2D eigenvalue weighted by atomic mass is 32.2. The number of benzene rings is 1. The predicted molar refractivity (Wildman–Crippen MR) is 88.9 cm³/mol. The molecule has 0 spiro atoms. The van der Waals surface area contributed by atoms with E-state index in [2.05, 4.69) is 35.2 Å². The standard InChI is InChI=1S/C16H21N3OS/c1-3-21-14-6-7-16(14,20)9-17-15-12-8-11(2)4-5-13(12)18-10-19-15/h4-5,8,10,14,20H,3,6-7,9H2,1-2H3,(H,17,18,19). The van der Waals surface area contributed by atoms with Crippen molar-refractivity contribution in [1.82, 2.24) is 9.97 Å². The van der Waals surface area contributed by atoms with Crippen molar-refractivity contribution in [1.29, 1.82) is 0 Å². The molecule has 2 aromatic rings. The summed E-state index contributed by atoms with van der Waals surface area (Å²) in [5.41, 5.74) is 1.50. The second kappa shape index (κ2) is 5.81. The summed E-state index contributed by atoms with van der Waals surface area (Å²) < 4.78 is 0. The first-order valence-electron chi connectivity index (χ1n) is 7.41. The number of rotatable bonds is 5. The SMILES string of the molecule is CCSC1CCC1(O)CNc1ncnc2ccc(C)cc12. The Kier molecular flexibility index (Phi) is 4.04. The topological polar surface area (TPSA) is 58.0 Å². The van der Waals surface area contributed by atoms with Crippen molar-refractivity contribution < 1.29 is 5.11 Å². The number of thioether (sulfide) groups is 1. The summed E-state index contributed by atoms with van der Waals surface area (Å²) in [6, 6.07) is 6.14. The molecular weight excluding hydrogens is 282 g/mol. The lowest BCUT2D eigenvalue weighted by molar-refractivity contribution is -0.0120. The van der Waals surface area contributed by atoms with E-state index < -0.39 is 5.60 Å². The Balaban J connectivity index is 1.78. The zero-order valence-electron chi connectivity index (χ0n) is 12.5. The van der Waals surface area contributed by atoms with Gasteiger partial charge in [-0.2, -0.15) is 11.8 Å². The molecule has 2 N–H and O–H groups in total. The summed E-state index contributed by atoms with van der Waals surface area (Å²) in [5, 5.41) is 15.3. The molecule has 0 aliphatic heterocycles. The van der Waals surface area contributed by atoms with Crippen LogP contribution in [0.25, 0.3) is 10.9 Å². The number of nitrogens with one attached hydrogen (secondary N) is 1. The molecule has 1 aliphatic rings.